The standard InChI is InChI=1S/C11H21NO2/c1-9(4-3-7-13)12-11(14)8-10-5-2-6-10/h9-10,13H,2-8H2,1H3,(H,12,14). The topological polar surface area (TPSA) is 49.3 Å². The Bertz CT molecular complexity index is 178. The van der Waals surface area contributed by atoms with E-state index in [2.05, 4.69) is 5.32 Å². The molecule has 1 aliphatic rings. The van der Waals surface area contributed by atoms with Crippen LogP contribution in [0.25, 0.3) is 0 Å². The van der Waals surface area contributed by atoms with Gasteiger partial charge in [-0.15, -0.1) is 0 Å². The van der Waals surface area contributed by atoms with E-state index in [0.717, 1.165) is 12.8 Å². The van der Waals surface area contributed by atoms with Crippen molar-refractivity contribution in [2.75, 3.05) is 6.61 Å². The molecule has 1 rings (SSSR count). The smallest absolute Gasteiger partial charge is 0.220 e. The maximum Gasteiger partial charge on any atom is 0.220 e. The van der Waals surface area contributed by atoms with E-state index >= 15 is 0 Å². The zero-order chi connectivity index (χ0) is 10.4. The van der Waals surface area contributed by atoms with Crippen molar-refractivity contribution in [1.29, 1.82) is 0 Å². The van der Waals surface area contributed by atoms with Gasteiger partial charge in [-0.1, -0.05) is 6.42 Å². The SMILES string of the molecule is CC(CCCO)NC(=O)CC1CCC1. The summed E-state index contributed by atoms with van der Waals surface area (Å²) in [5, 5.41) is 11.6. The second-order valence-electron chi connectivity index (χ2n) is 4.34. The van der Waals surface area contributed by atoms with Crippen molar-refractivity contribution in [3.63, 3.8) is 0 Å². The van der Waals surface area contributed by atoms with Gasteiger partial charge in [-0.05, 0) is 38.5 Å². The van der Waals surface area contributed by atoms with E-state index in [1.165, 1.54) is 19.3 Å². The van der Waals surface area contributed by atoms with Crippen LogP contribution in [0.15, 0.2) is 0 Å². The normalized spacial score (nSPS) is 18.7. The van der Waals surface area contributed by atoms with Crippen LogP contribution in [-0.2, 0) is 4.79 Å². The molecule has 1 atom stereocenters. The van der Waals surface area contributed by atoms with Gasteiger partial charge in [0.25, 0.3) is 0 Å². The van der Waals surface area contributed by atoms with Gasteiger partial charge in [0.2, 0.25) is 5.91 Å². The van der Waals surface area contributed by atoms with E-state index in [9.17, 15) is 4.79 Å². The largest absolute Gasteiger partial charge is 0.396 e. The molecule has 1 saturated carbocycles. The van der Waals surface area contributed by atoms with Crippen LogP contribution in [-0.4, -0.2) is 23.7 Å². The lowest BCUT2D eigenvalue weighted by molar-refractivity contribution is -0.123. The summed E-state index contributed by atoms with van der Waals surface area (Å²) in [7, 11) is 0. The number of nitrogens with one attached hydrogen (secondary N) is 1. The summed E-state index contributed by atoms with van der Waals surface area (Å²) in [4.78, 5) is 11.4. The molecule has 1 aliphatic carbocycles. The van der Waals surface area contributed by atoms with E-state index in [4.69, 9.17) is 5.11 Å². The predicted octanol–water partition coefficient (Wildman–Crippen LogP) is 1.45. The van der Waals surface area contributed by atoms with E-state index in [1.54, 1.807) is 0 Å². The molecule has 0 heterocycles. The summed E-state index contributed by atoms with van der Waals surface area (Å²) < 4.78 is 0. The molecule has 0 spiro atoms. The van der Waals surface area contributed by atoms with Crippen LogP contribution in [0.2, 0.25) is 0 Å². The van der Waals surface area contributed by atoms with Crippen LogP contribution in [0.5, 0.6) is 0 Å². The molecule has 0 bridgehead atoms. The van der Waals surface area contributed by atoms with Gasteiger partial charge in [-0.3, -0.25) is 4.79 Å². The summed E-state index contributed by atoms with van der Waals surface area (Å²) in [6.07, 6.45) is 6.07. The highest BCUT2D eigenvalue weighted by Crippen LogP contribution is 2.29. The maximum absolute atomic E-state index is 11.4. The number of aliphatic hydroxyl groups excluding tert-OH is 1. The molecule has 3 heteroatoms. The molecule has 1 amide bonds. The van der Waals surface area contributed by atoms with Crippen LogP contribution in [0.1, 0.15) is 45.4 Å². The summed E-state index contributed by atoms with van der Waals surface area (Å²) >= 11 is 0. The fourth-order valence-electron chi connectivity index (χ4n) is 1.76. The average Bonchev–Trinajstić information content (AvgIpc) is 2.08. The van der Waals surface area contributed by atoms with Gasteiger partial charge in [-0.2, -0.15) is 0 Å². The monoisotopic (exact) mass is 199 g/mol. The highest BCUT2D eigenvalue weighted by atomic mass is 16.2. The fourth-order valence-corrected chi connectivity index (χ4v) is 1.76. The average molecular weight is 199 g/mol. The van der Waals surface area contributed by atoms with Gasteiger partial charge in [0, 0.05) is 19.1 Å². The number of aliphatic hydroxyl groups is 1. The van der Waals surface area contributed by atoms with Crippen molar-refractivity contribution in [2.45, 2.75) is 51.5 Å². The number of hydrogen-bond acceptors (Lipinski definition) is 2. The Hall–Kier alpha value is -0.570. The summed E-state index contributed by atoms with van der Waals surface area (Å²) in [6.45, 7) is 2.21. The minimum atomic E-state index is 0.181. The Kier molecular flexibility index (Phi) is 4.94. The lowest BCUT2D eigenvalue weighted by Gasteiger charge is -2.25. The second kappa shape index (κ2) is 6.02. The summed E-state index contributed by atoms with van der Waals surface area (Å²) in [6, 6.07) is 0.203. The maximum atomic E-state index is 11.4. The third-order valence-electron chi connectivity index (χ3n) is 2.90. The first-order valence-corrected chi connectivity index (χ1v) is 5.62. The van der Waals surface area contributed by atoms with Gasteiger partial charge in [-0.25, -0.2) is 0 Å². The van der Waals surface area contributed by atoms with Gasteiger partial charge in [0.1, 0.15) is 0 Å². The van der Waals surface area contributed by atoms with E-state index in [-0.39, 0.29) is 18.6 Å². The van der Waals surface area contributed by atoms with Gasteiger partial charge < -0.3 is 10.4 Å². The molecular formula is C11H21NO2. The van der Waals surface area contributed by atoms with Gasteiger partial charge >= 0.3 is 0 Å². The number of amides is 1. The van der Waals surface area contributed by atoms with Crippen molar-refractivity contribution in [2.24, 2.45) is 5.92 Å². The lowest BCUT2D eigenvalue weighted by atomic mass is 9.83. The summed E-state index contributed by atoms with van der Waals surface area (Å²) in [5.74, 6) is 0.820. The molecule has 14 heavy (non-hydrogen) atoms. The highest BCUT2D eigenvalue weighted by molar-refractivity contribution is 5.76. The molecule has 0 aromatic rings. The number of hydrogen-bond donors (Lipinski definition) is 2. The van der Waals surface area contributed by atoms with Crippen LogP contribution in [0.3, 0.4) is 0 Å². The first-order chi connectivity index (χ1) is 6.72. The quantitative estimate of drug-likeness (QED) is 0.680. The summed E-state index contributed by atoms with van der Waals surface area (Å²) in [5.41, 5.74) is 0. The Balaban J connectivity index is 2.05. The molecule has 1 unspecified atom stereocenters. The lowest BCUT2D eigenvalue weighted by Crippen LogP contribution is -2.34. The van der Waals surface area contributed by atoms with Crippen molar-refractivity contribution in [1.82, 2.24) is 5.32 Å². The van der Waals surface area contributed by atoms with E-state index in [1.807, 2.05) is 6.92 Å². The molecule has 0 radical (unpaired) electrons. The molecule has 3 nitrogen and oxygen atoms in total. The van der Waals surface area contributed by atoms with Crippen LogP contribution in [0.4, 0.5) is 0 Å². The van der Waals surface area contributed by atoms with E-state index in [0.29, 0.717) is 12.3 Å². The van der Waals surface area contributed by atoms with Gasteiger partial charge in [0.05, 0.1) is 0 Å². The zero-order valence-corrected chi connectivity index (χ0v) is 8.96. The second-order valence-corrected chi connectivity index (χ2v) is 4.34. The number of carbonyl (C=O) groups excluding carboxylic acids is 1. The molecule has 0 aromatic heterocycles. The van der Waals surface area contributed by atoms with Crippen molar-refractivity contribution < 1.29 is 9.90 Å². The van der Waals surface area contributed by atoms with E-state index < -0.39 is 0 Å². The molecule has 0 saturated heterocycles. The third kappa shape index (κ3) is 4.09. The molecule has 0 aliphatic heterocycles. The van der Waals surface area contributed by atoms with Crippen molar-refractivity contribution in [3.05, 3.63) is 0 Å². The zero-order valence-electron chi connectivity index (χ0n) is 8.96. The Morgan fingerprint density at radius 1 is 1.57 bits per heavy atom. The Morgan fingerprint density at radius 2 is 2.29 bits per heavy atom. The number of carbonyl (C=O) groups is 1. The molecule has 2 N–H and O–H groups in total. The van der Waals surface area contributed by atoms with Crippen LogP contribution < -0.4 is 5.32 Å². The predicted molar refractivity (Wildman–Crippen MR) is 55.9 cm³/mol. The number of rotatable bonds is 6. The Morgan fingerprint density at radius 3 is 2.79 bits per heavy atom. The minimum Gasteiger partial charge on any atom is -0.396 e. The Labute approximate surface area is 85.9 Å². The minimum absolute atomic E-state index is 0.181. The van der Waals surface area contributed by atoms with Crippen LogP contribution in [0, 0.1) is 5.92 Å². The first kappa shape index (κ1) is 11.5. The highest BCUT2D eigenvalue weighted by Gasteiger charge is 2.20. The first-order valence-electron chi connectivity index (χ1n) is 5.62. The molecule has 0 aromatic carbocycles. The molecular weight excluding hydrogens is 178 g/mol. The van der Waals surface area contributed by atoms with Crippen LogP contribution >= 0.6 is 0 Å². The van der Waals surface area contributed by atoms with Gasteiger partial charge in [0.15, 0.2) is 0 Å². The molecule has 1 fully saturated rings. The van der Waals surface area contributed by atoms with Crippen molar-refractivity contribution in [3.8, 4) is 0 Å². The molecule has 82 valence electrons. The third-order valence-corrected chi connectivity index (χ3v) is 2.90. The van der Waals surface area contributed by atoms with Crippen molar-refractivity contribution >= 4 is 5.91 Å². The fraction of sp³-hybridized carbons (Fsp3) is 0.909.